The van der Waals surface area contributed by atoms with Gasteiger partial charge >= 0.3 is 0 Å². The van der Waals surface area contributed by atoms with Crippen LogP contribution in [0.2, 0.25) is 0 Å². The number of nitrogens with zero attached hydrogens (tertiary/aromatic N) is 2. The van der Waals surface area contributed by atoms with Crippen molar-refractivity contribution in [3.8, 4) is 5.75 Å². The summed E-state index contributed by atoms with van der Waals surface area (Å²) in [7, 11) is 5.54. The molecule has 0 aromatic heterocycles. The molecule has 168 valence electrons. The molecule has 0 heterocycles. The average molecular weight is 522 g/mol. The van der Waals surface area contributed by atoms with Crippen LogP contribution in [0, 0.1) is 0 Å². The summed E-state index contributed by atoms with van der Waals surface area (Å²) in [4.78, 5) is 6.91. The van der Waals surface area contributed by atoms with E-state index in [1.165, 1.54) is 0 Å². The van der Waals surface area contributed by atoms with Crippen molar-refractivity contribution < 1.29 is 14.2 Å². The Morgan fingerprint density at radius 1 is 1.03 bits per heavy atom. The predicted octanol–water partition coefficient (Wildman–Crippen LogP) is 2.74. The molecule has 0 saturated carbocycles. The molecule has 0 aliphatic heterocycles. The summed E-state index contributed by atoms with van der Waals surface area (Å²) >= 11 is 0. The van der Waals surface area contributed by atoms with Gasteiger partial charge in [0.2, 0.25) is 0 Å². The van der Waals surface area contributed by atoms with Gasteiger partial charge in [-0.05, 0) is 44.5 Å². The first-order valence-electron chi connectivity index (χ1n) is 10.1. The lowest BCUT2D eigenvalue weighted by atomic mass is 10.2. The van der Waals surface area contributed by atoms with Gasteiger partial charge in [-0.2, -0.15) is 0 Å². The summed E-state index contributed by atoms with van der Waals surface area (Å²) in [5.74, 6) is 1.73. The van der Waals surface area contributed by atoms with Crippen molar-refractivity contribution in [1.29, 1.82) is 0 Å². The summed E-state index contributed by atoms with van der Waals surface area (Å²) in [6.07, 6.45) is 1.95. The summed E-state index contributed by atoms with van der Waals surface area (Å²) in [6.45, 7) is 8.65. The summed E-state index contributed by atoms with van der Waals surface area (Å²) in [5.41, 5.74) is 1.15. The number of methoxy groups -OCH3 is 2. The third kappa shape index (κ3) is 14.5. The van der Waals surface area contributed by atoms with Crippen LogP contribution in [0.25, 0.3) is 0 Å². The van der Waals surface area contributed by atoms with Crippen molar-refractivity contribution >= 4 is 29.9 Å². The molecular weight excluding hydrogens is 483 g/mol. The number of likely N-dealkylation sites (N-methyl/N-ethyl adjacent to an activating group) is 1. The molecular formula is C21H39IN4O3. The van der Waals surface area contributed by atoms with Gasteiger partial charge in [-0.3, -0.25) is 4.99 Å². The van der Waals surface area contributed by atoms with Gasteiger partial charge in [-0.1, -0.05) is 12.1 Å². The standard InChI is InChI=1S/C21H38N4O3.HI/c1-5-22-21(24-13-15-25(2)14-7-16-26-3)23-12-6-17-28-18-19-8-10-20(27-4)11-9-19;/h8-11H,5-7,12-18H2,1-4H3,(H2,22,23,24);1H. The molecule has 2 N–H and O–H groups in total. The lowest BCUT2D eigenvalue weighted by Crippen LogP contribution is -2.41. The van der Waals surface area contributed by atoms with Crippen LogP contribution in [-0.2, 0) is 16.1 Å². The lowest BCUT2D eigenvalue weighted by molar-refractivity contribution is 0.120. The average Bonchev–Trinajstić information content (AvgIpc) is 2.71. The molecule has 0 bridgehead atoms. The minimum absolute atomic E-state index is 0. The van der Waals surface area contributed by atoms with Crippen molar-refractivity contribution in [2.24, 2.45) is 4.99 Å². The van der Waals surface area contributed by atoms with E-state index in [2.05, 4.69) is 34.5 Å². The van der Waals surface area contributed by atoms with Gasteiger partial charge in [0, 0.05) is 53.0 Å². The van der Waals surface area contributed by atoms with Crippen LogP contribution < -0.4 is 15.4 Å². The van der Waals surface area contributed by atoms with Crippen LogP contribution in [0.1, 0.15) is 25.3 Å². The first-order chi connectivity index (χ1) is 13.7. The highest BCUT2D eigenvalue weighted by Crippen LogP contribution is 2.11. The highest BCUT2D eigenvalue weighted by atomic mass is 127. The van der Waals surface area contributed by atoms with E-state index in [0.717, 1.165) is 69.4 Å². The number of halogens is 1. The molecule has 7 nitrogen and oxygen atoms in total. The van der Waals surface area contributed by atoms with E-state index in [-0.39, 0.29) is 24.0 Å². The van der Waals surface area contributed by atoms with Crippen molar-refractivity contribution in [1.82, 2.24) is 15.5 Å². The first-order valence-corrected chi connectivity index (χ1v) is 10.1. The number of benzene rings is 1. The summed E-state index contributed by atoms with van der Waals surface area (Å²) < 4.78 is 16.0. The second-order valence-corrected chi connectivity index (χ2v) is 6.59. The Hall–Kier alpha value is -1.10. The molecule has 0 radical (unpaired) electrons. The molecule has 0 amide bonds. The molecule has 0 spiro atoms. The van der Waals surface area contributed by atoms with Gasteiger partial charge in [0.25, 0.3) is 0 Å². The fraction of sp³-hybridized carbons (Fsp3) is 0.667. The Balaban J connectivity index is 0.00000784. The quantitative estimate of drug-likeness (QED) is 0.160. The molecule has 8 heteroatoms. The molecule has 0 aliphatic carbocycles. The Morgan fingerprint density at radius 3 is 2.45 bits per heavy atom. The number of guanidine groups is 1. The smallest absolute Gasteiger partial charge is 0.191 e. The number of ether oxygens (including phenoxy) is 3. The van der Waals surface area contributed by atoms with Crippen molar-refractivity contribution in [2.45, 2.75) is 26.4 Å². The van der Waals surface area contributed by atoms with E-state index in [1.54, 1.807) is 14.2 Å². The Morgan fingerprint density at radius 2 is 1.79 bits per heavy atom. The maximum absolute atomic E-state index is 5.73. The third-order valence-electron chi connectivity index (χ3n) is 4.16. The minimum Gasteiger partial charge on any atom is -0.497 e. The number of nitrogens with one attached hydrogen (secondary N) is 2. The SMILES string of the molecule is CCNC(=NCCCOCc1ccc(OC)cc1)NCCN(C)CCCOC.I. The highest BCUT2D eigenvalue weighted by Gasteiger charge is 2.01. The van der Waals surface area contributed by atoms with Crippen LogP contribution in [0.4, 0.5) is 0 Å². The number of rotatable bonds is 15. The van der Waals surface area contributed by atoms with E-state index >= 15 is 0 Å². The van der Waals surface area contributed by atoms with E-state index in [0.29, 0.717) is 13.2 Å². The molecule has 1 aromatic rings. The van der Waals surface area contributed by atoms with Crippen molar-refractivity contribution in [3.63, 3.8) is 0 Å². The lowest BCUT2D eigenvalue weighted by Gasteiger charge is -2.18. The number of aliphatic imine (C=N–C) groups is 1. The maximum Gasteiger partial charge on any atom is 0.191 e. The summed E-state index contributed by atoms with van der Waals surface area (Å²) in [6, 6.07) is 7.95. The fourth-order valence-corrected chi connectivity index (χ4v) is 2.57. The van der Waals surface area contributed by atoms with Crippen molar-refractivity contribution in [3.05, 3.63) is 29.8 Å². The molecule has 0 fully saturated rings. The van der Waals surface area contributed by atoms with Crippen molar-refractivity contribution in [2.75, 3.05) is 67.2 Å². The van der Waals surface area contributed by atoms with Gasteiger partial charge < -0.3 is 29.7 Å². The van der Waals surface area contributed by atoms with Crippen LogP contribution in [0.15, 0.2) is 29.3 Å². The van der Waals surface area contributed by atoms with Crippen LogP contribution >= 0.6 is 24.0 Å². The zero-order chi connectivity index (χ0) is 20.5. The van der Waals surface area contributed by atoms with E-state index in [9.17, 15) is 0 Å². The molecule has 1 rings (SSSR count). The molecule has 1 aromatic carbocycles. The molecule has 0 unspecified atom stereocenters. The van der Waals surface area contributed by atoms with Gasteiger partial charge in [0.1, 0.15) is 5.75 Å². The monoisotopic (exact) mass is 522 g/mol. The largest absolute Gasteiger partial charge is 0.497 e. The Bertz CT molecular complexity index is 529. The second-order valence-electron chi connectivity index (χ2n) is 6.59. The fourth-order valence-electron chi connectivity index (χ4n) is 2.57. The van der Waals surface area contributed by atoms with Crippen LogP contribution in [0.3, 0.4) is 0 Å². The molecule has 0 atom stereocenters. The zero-order valence-corrected chi connectivity index (χ0v) is 20.7. The number of hydrogen-bond acceptors (Lipinski definition) is 5. The predicted molar refractivity (Wildman–Crippen MR) is 131 cm³/mol. The van der Waals surface area contributed by atoms with E-state index in [4.69, 9.17) is 14.2 Å². The molecule has 0 aliphatic rings. The minimum atomic E-state index is 0. The maximum atomic E-state index is 5.73. The first kappa shape index (κ1) is 27.9. The van der Waals surface area contributed by atoms with Gasteiger partial charge in [-0.25, -0.2) is 0 Å². The Labute approximate surface area is 193 Å². The molecule has 29 heavy (non-hydrogen) atoms. The highest BCUT2D eigenvalue weighted by molar-refractivity contribution is 14.0. The van der Waals surface area contributed by atoms with E-state index in [1.807, 2.05) is 24.3 Å². The number of hydrogen-bond donors (Lipinski definition) is 2. The van der Waals surface area contributed by atoms with Gasteiger partial charge in [0.15, 0.2) is 5.96 Å². The third-order valence-corrected chi connectivity index (χ3v) is 4.16. The van der Waals surface area contributed by atoms with Gasteiger partial charge in [-0.15, -0.1) is 24.0 Å². The van der Waals surface area contributed by atoms with E-state index < -0.39 is 0 Å². The zero-order valence-electron chi connectivity index (χ0n) is 18.4. The second kappa shape index (κ2) is 18.9. The normalized spacial score (nSPS) is 11.3. The van der Waals surface area contributed by atoms with Gasteiger partial charge in [0.05, 0.1) is 13.7 Å². The molecule has 0 saturated heterocycles. The van der Waals surface area contributed by atoms with Crippen LogP contribution in [-0.4, -0.2) is 78.1 Å². The Kier molecular flexibility index (Phi) is 18.2. The summed E-state index contributed by atoms with van der Waals surface area (Å²) in [5, 5.41) is 6.67. The van der Waals surface area contributed by atoms with Crippen LogP contribution in [0.5, 0.6) is 5.75 Å². The topological polar surface area (TPSA) is 67.4 Å².